The first-order valence-electron chi connectivity index (χ1n) is 6.90. The van der Waals surface area contributed by atoms with Crippen molar-refractivity contribution in [2.45, 2.75) is 13.8 Å². The number of nitrogens with zero attached hydrogens (tertiary/aromatic N) is 4. The van der Waals surface area contributed by atoms with Crippen molar-refractivity contribution in [2.75, 3.05) is 19.5 Å². The van der Waals surface area contributed by atoms with Crippen molar-refractivity contribution in [3.8, 4) is 11.5 Å². The summed E-state index contributed by atoms with van der Waals surface area (Å²) in [5, 5.41) is 12.6. The molecule has 1 aromatic carbocycles. The zero-order valence-electron chi connectivity index (χ0n) is 13.7. The van der Waals surface area contributed by atoms with Crippen molar-refractivity contribution in [1.29, 1.82) is 0 Å². The Morgan fingerprint density at radius 1 is 1.04 bits per heavy atom. The molecule has 0 aromatic heterocycles. The predicted molar refractivity (Wildman–Crippen MR) is 88.0 cm³/mol. The standard InChI is InChI=1S/C14H18N6O4/c1-8-18-20(9(2)17-19(8)13(15)21)14(22)16-10-5-6-11(23-3)12(7-10)24-4/h5-7H,1-4H3,(H2,15,21)(H,16,22). The highest BCUT2D eigenvalue weighted by Crippen LogP contribution is 2.29. The molecule has 1 aliphatic heterocycles. The Balaban J connectivity index is 2.19. The summed E-state index contributed by atoms with van der Waals surface area (Å²) >= 11 is 0. The molecule has 4 amide bonds. The maximum atomic E-state index is 12.4. The Hall–Kier alpha value is -3.30. The maximum Gasteiger partial charge on any atom is 0.348 e. The van der Waals surface area contributed by atoms with Gasteiger partial charge in [-0.1, -0.05) is 0 Å². The van der Waals surface area contributed by atoms with E-state index in [2.05, 4.69) is 15.5 Å². The number of carbonyl (C=O) groups excluding carboxylic acids is 2. The molecule has 1 aromatic rings. The topological polar surface area (TPSA) is 122 Å². The molecule has 0 unspecified atom stereocenters. The van der Waals surface area contributed by atoms with E-state index in [4.69, 9.17) is 15.2 Å². The van der Waals surface area contributed by atoms with Crippen molar-refractivity contribution in [3.63, 3.8) is 0 Å². The first-order chi connectivity index (χ1) is 11.4. The summed E-state index contributed by atoms with van der Waals surface area (Å²) in [6, 6.07) is 3.60. The lowest BCUT2D eigenvalue weighted by atomic mass is 10.3. The summed E-state index contributed by atoms with van der Waals surface area (Å²) in [4.78, 5) is 23.6. The lowest BCUT2D eigenvalue weighted by molar-refractivity contribution is 0.221. The molecule has 24 heavy (non-hydrogen) atoms. The van der Waals surface area contributed by atoms with Gasteiger partial charge in [-0.2, -0.15) is 10.0 Å². The van der Waals surface area contributed by atoms with Crippen LogP contribution in [-0.2, 0) is 0 Å². The average Bonchev–Trinajstić information content (AvgIpc) is 2.56. The van der Waals surface area contributed by atoms with Gasteiger partial charge < -0.3 is 20.5 Å². The number of primary amides is 1. The van der Waals surface area contributed by atoms with Crippen LogP contribution in [0.3, 0.4) is 0 Å². The van der Waals surface area contributed by atoms with E-state index in [1.165, 1.54) is 28.1 Å². The molecular weight excluding hydrogens is 316 g/mol. The van der Waals surface area contributed by atoms with Gasteiger partial charge in [-0.15, -0.1) is 10.2 Å². The number of nitrogens with one attached hydrogen (secondary N) is 1. The van der Waals surface area contributed by atoms with E-state index in [-0.39, 0.29) is 11.7 Å². The summed E-state index contributed by atoms with van der Waals surface area (Å²) in [7, 11) is 3.02. The minimum absolute atomic E-state index is 0.176. The molecule has 10 nitrogen and oxygen atoms in total. The third kappa shape index (κ3) is 3.37. The first kappa shape index (κ1) is 17.1. The molecule has 0 spiro atoms. The van der Waals surface area contributed by atoms with Crippen LogP contribution in [0.5, 0.6) is 11.5 Å². The van der Waals surface area contributed by atoms with Crippen LogP contribution in [-0.4, -0.2) is 48.0 Å². The van der Waals surface area contributed by atoms with Crippen molar-refractivity contribution in [1.82, 2.24) is 10.0 Å². The molecule has 0 fully saturated rings. The predicted octanol–water partition coefficient (Wildman–Crippen LogP) is 1.60. The Labute approximate surface area is 138 Å². The van der Waals surface area contributed by atoms with Gasteiger partial charge in [-0.3, -0.25) is 0 Å². The minimum atomic E-state index is -0.782. The number of hydrogen-bond donors (Lipinski definition) is 2. The third-order valence-corrected chi connectivity index (χ3v) is 3.14. The minimum Gasteiger partial charge on any atom is -0.493 e. The largest absolute Gasteiger partial charge is 0.493 e. The van der Waals surface area contributed by atoms with Crippen LogP contribution in [0.25, 0.3) is 0 Å². The number of urea groups is 2. The summed E-state index contributed by atoms with van der Waals surface area (Å²) in [6.07, 6.45) is 0. The number of ether oxygens (including phenoxy) is 2. The number of rotatable bonds is 3. The Bertz CT molecular complexity index is 730. The molecule has 0 radical (unpaired) electrons. The van der Waals surface area contributed by atoms with E-state index in [0.717, 1.165) is 10.0 Å². The summed E-state index contributed by atoms with van der Waals surface area (Å²) in [5.41, 5.74) is 5.66. The van der Waals surface area contributed by atoms with Gasteiger partial charge in [0.25, 0.3) is 0 Å². The summed E-state index contributed by atoms with van der Waals surface area (Å²) in [6.45, 7) is 3.04. The van der Waals surface area contributed by atoms with E-state index >= 15 is 0 Å². The average molecular weight is 334 g/mol. The van der Waals surface area contributed by atoms with Crippen molar-refractivity contribution in [2.24, 2.45) is 15.9 Å². The fourth-order valence-electron chi connectivity index (χ4n) is 2.01. The van der Waals surface area contributed by atoms with Gasteiger partial charge in [-0.05, 0) is 26.0 Å². The van der Waals surface area contributed by atoms with Gasteiger partial charge in [-0.25, -0.2) is 9.59 Å². The van der Waals surface area contributed by atoms with Gasteiger partial charge in [0, 0.05) is 11.8 Å². The Morgan fingerprint density at radius 2 is 1.62 bits per heavy atom. The molecule has 2 rings (SSSR count). The van der Waals surface area contributed by atoms with E-state index < -0.39 is 12.1 Å². The van der Waals surface area contributed by atoms with Gasteiger partial charge in [0.2, 0.25) is 0 Å². The number of amidine groups is 2. The molecule has 0 atom stereocenters. The molecule has 0 saturated carbocycles. The number of hydrogen-bond acceptors (Lipinski definition) is 6. The lowest BCUT2D eigenvalue weighted by Crippen LogP contribution is -2.45. The van der Waals surface area contributed by atoms with E-state index in [1.54, 1.807) is 18.2 Å². The molecule has 0 aliphatic carbocycles. The number of methoxy groups -OCH3 is 2. The van der Waals surface area contributed by atoms with Crippen LogP contribution in [0.1, 0.15) is 13.8 Å². The normalized spacial score (nSPS) is 13.8. The number of amides is 4. The highest BCUT2D eigenvalue weighted by molar-refractivity contribution is 6.07. The van der Waals surface area contributed by atoms with Gasteiger partial charge in [0.1, 0.15) is 0 Å². The summed E-state index contributed by atoms with van der Waals surface area (Å²) < 4.78 is 10.3. The SMILES string of the molecule is COc1ccc(NC(=O)N2N=C(C)N(C(N)=O)N=C2C)cc1OC. The second-order valence-electron chi connectivity index (χ2n) is 4.76. The van der Waals surface area contributed by atoms with Gasteiger partial charge in [0.05, 0.1) is 14.2 Å². The highest BCUT2D eigenvalue weighted by atomic mass is 16.5. The zero-order chi connectivity index (χ0) is 17.9. The van der Waals surface area contributed by atoms with Crippen LogP contribution < -0.4 is 20.5 Å². The van der Waals surface area contributed by atoms with Crippen LogP contribution >= 0.6 is 0 Å². The van der Waals surface area contributed by atoms with Gasteiger partial charge in [0.15, 0.2) is 23.2 Å². The fraction of sp³-hybridized carbons (Fsp3) is 0.286. The van der Waals surface area contributed by atoms with E-state index in [0.29, 0.717) is 17.2 Å². The van der Waals surface area contributed by atoms with Crippen molar-refractivity contribution < 1.29 is 19.1 Å². The number of carbonyl (C=O) groups is 2. The van der Waals surface area contributed by atoms with E-state index in [9.17, 15) is 9.59 Å². The zero-order valence-corrected chi connectivity index (χ0v) is 13.7. The molecule has 0 saturated heterocycles. The molecule has 1 heterocycles. The van der Waals surface area contributed by atoms with Crippen LogP contribution in [0, 0.1) is 0 Å². The molecular formula is C14H18N6O4. The second kappa shape index (κ2) is 6.86. The van der Waals surface area contributed by atoms with Crippen LogP contribution in [0.4, 0.5) is 15.3 Å². The first-order valence-corrected chi connectivity index (χ1v) is 6.90. The van der Waals surface area contributed by atoms with Gasteiger partial charge >= 0.3 is 12.1 Å². The number of nitrogens with two attached hydrogens (primary N) is 1. The molecule has 0 bridgehead atoms. The van der Waals surface area contributed by atoms with Crippen LogP contribution in [0.2, 0.25) is 0 Å². The fourth-order valence-corrected chi connectivity index (χ4v) is 2.01. The van der Waals surface area contributed by atoms with E-state index in [1.807, 2.05) is 0 Å². The quantitative estimate of drug-likeness (QED) is 0.871. The molecule has 3 N–H and O–H groups in total. The molecule has 10 heteroatoms. The van der Waals surface area contributed by atoms with Crippen molar-refractivity contribution >= 4 is 29.4 Å². The Kier molecular flexibility index (Phi) is 4.87. The second-order valence-corrected chi connectivity index (χ2v) is 4.76. The number of benzene rings is 1. The molecule has 128 valence electrons. The summed E-state index contributed by atoms with van der Waals surface area (Å²) in [5.74, 6) is 1.38. The van der Waals surface area contributed by atoms with Crippen molar-refractivity contribution in [3.05, 3.63) is 18.2 Å². The number of anilines is 1. The number of hydrazone groups is 2. The monoisotopic (exact) mass is 334 g/mol. The molecule has 1 aliphatic rings. The highest BCUT2D eigenvalue weighted by Gasteiger charge is 2.26. The van der Waals surface area contributed by atoms with Crippen LogP contribution in [0.15, 0.2) is 28.4 Å². The third-order valence-electron chi connectivity index (χ3n) is 3.14. The Morgan fingerprint density at radius 3 is 2.21 bits per heavy atom. The smallest absolute Gasteiger partial charge is 0.348 e. The maximum absolute atomic E-state index is 12.4. The lowest BCUT2D eigenvalue weighted by Gasteiger charge is -2.26.